The van der Waals surface area contributed by atoms with Gasteiger partial charge in [-0.3, -0.25) is 9.36 Å². The summed E-state index contributed by atoms with van der Waals surface area (Å²) in [7, 11) is 0. The minimum Gasteiger partial charge on any atom is -0.268 e. The molecule has 0 unspecified atom stereocenters. The molecule has 0 aliphatic carbocycles. The van der Waals surface area contributed by atoms with Crippen molar-refractivity contribution < 1.29 is 0 Å². The van der Waals surface area contributed by atoms with E-state index in [0.29, 0.717) is 27.5 Å². The second kappa shape index (κ2) is 6.28. The lowest BCUT2D eigenvalue weighted by Gasteiger charge is -2.05. The number of aromatic nitrogens is 7. The Morgan fingerprint density at radius 1 is 1.14 bits per heavy atom. The number of hydrogen-bond donors (Lipinski definition) is 1. The second-order valence-electron chi connectivity index (χ2n) is 6.27. The molecule has 1 N–H and O–H groups in total. The van der Waals surface area contributed by atoms with Crippen molar-refractivity contribution in [3.05, 3.63) is 70.1 Å². The molecule has 0 amide bonds. The van der Waals surface area contributed by atoms with Gasteiger partial charge in [0.1, 0.15) is 6.33 Å². The molecule has 0 spiro atoms. The maximum atomic E-state index is 12.9. The van der Waals surface area contributed by atoms with Crippen LogP contribution in [0.25, 0.3) is 33.6 Å². The zero-order valence-electron chi connectivity index (χ0n) is 14.8. The van der Waals surface area contributed by atoms with E-state index < -0.39 is 0 Å². The number of benzene rings is 1. The zero-order valence-corrected chi connectivity index (χ0v) is 15.6. The molecule has 0 radical (unpaired) electrons. The van der Waals surface area contributed by atoms with Crippen molar-refractivity contribution >= 4 is 28.2 Å². The third-order valence-electron chi connectivity index (χ3n) is 4.68. The van der Waals surface area contributed by atoms with Gasteiger partial charge < -0.3 is 0 Å². The van der Waals surface area contributed by atoms with Crippen LogP contribution >= 0.6 is 11.6 Å². The van der Waals surface area contributed by atoms with Gasteiger partial charge in [0.25, 0.3) is 5.56 Å². The van der Waals surface area contributed by atoms with E-state index in [1.807, 2.05) is 37.3 Å². The molecule has 0 atom stereocenters. The number of pyridine rings is 1. The number of H-pyrrole nitrogens is 1. The van der Waals surface area contributed by atoms with Crippen molar-refractivity contribution in [1.29, 1.82) is 0 Å². The Balaban J connectivity index is 1.81. The smallest absolute Gasteiger partial charge is 0.268 e. The van der Waals surface area contributed by atoms with E-state index in [4.69, 9.17) is 16.7 Å². The van der Waals surface area contributed by atoms with Gasteiger partial charge in [-0.1, -0.05) is 30.7 Å². The maximum Gasteiger partial charge on any atom is 0.268 e. The SMILES string of the molecule is CCc1nn2c(ncc3c(=O)n(-c4ncn[nH]4)ccc32)c1-c1ccc(Cl)cc1. The lowest BCUT2D eigenvalue weighted by molar-refractivity contribution is 0.885. The molecule has 0 aliphatic heterocycles. The van der Waals surface area contributed by atoms with Crippen LogP contribution in [-0.2, 0) is 6.42 Å². The van der Waals surface area contributed by atoms with Crippen LogP contribution in [0.15, 0.2) is 53.8 Å². The summed E-state index contributed by atoms with van der Waals surface area (Å²) in [4.78, 5) is 21.5. The Morgan fingerprint density at radius 2 is 1.96 bits per heavy atom. The van der Waals surface area contributed by atoms with Gasteiger partial charge in [0.05, 0.1) is 16.6 Å². The number of fused-ring (bicyclic) bond motifs is 3. The van der Waals surface area contributed by atoms with Crippen molar-refractivity contribution in [1.82, 2.24) is 34.3 Å². The molecule has 0 aliphatic rings. The van der Waals surface area contributed by atoms with Gasteiger partial charge >= 0.3 is 0 Å². The highest BCUT2D eigenvalue weighted by atomic mass is 35.5. The molecule has 9 heteroatoms. The molecule has 8 nitrogen and oxygen atoms in total. The van der Waals surface area contributed by atoms with Crippen LogP contribution in [0.1, 0.15) is 12.6 Å². The number of nitrogens with zero attached hydrogens (tertiary/aromatic N) is 6. The minimum atomic E-state index is -0.245. The number of rotatable bonds is 3. The summed E-state index contributed by atoms with van der Waals surface area (Å²) in [6.45, 7) is 2.04. The lowest BCUT2D eigenvalue weighted by atomic mass is 10.0. The Kier molecular flexibility index (Phi) is 3.73. The molecule has 0 bridgehead atoms. The standard InChI is InChI=1S/C19H14ClN7O/c1-2-14-16(11-3-5-12(20)6-4-11)17-21-9-13-15(27(17)25-14)7-8-26(18(13)28)19-22-10-23-24-19/h3-10H,2H2,1H3,(H,22,23,24). The molecular formula is C19H14ClN7O. The molecule has 0 saturated heterocycles. The zero-order chi connectivity index (χ0) is 19.3. The maximum absolute atomic E-state index is 12.9. The van der Waals surface area contributed by atoms with Gasteiger partial charge in [-0.15, -0.1) is 0 Å². The molecule has 4 aromatic heterocycles. The van der Waals surface area contributed by atoms with Crippen LogP contribution in [0.5, 0.6) is 0 Å². The third kappa shape index (κ3) is 2.42. The first-order valence-corrected chi connectivity index (χ1v) is 9.09. The quantitative estimate of drug-likeness (QED) is 0.510. The van der Waals surface area contributed by atoms with Crippen molar-refractivity contribution in [3.8, 4) is 17.1 Å². The first kappa shape index (κ1) is 16.6. The summed E-state index contributed by atoms with van der Waals surface area (Å²) in [5.74, 6) is 0.351. The Labute approximate surface area is 163 Å². The monoisotopic (exact) mass is 391 g/mol. The lowest BCUT2D eigenvalue weighted by Crippen LogP contribution is -2.19. The van der Waals surface area contributed by atoms with E-state index in [9.17, 15) is 4.79 Å². The van der Waals surface area contributed by atoms with Crippen molar-refractivity contribution in [2.24, 2.45) is 0 Å². The van der Waals surface area contributed by atoms with Crippen molar-refractivity contribution in [2.45, 2.75) is 13.3 Å². The fourth-order valence-corrected chi connectivity index (χ4v) is 3.48. The van der Waals surface area contributed by atoms with Gasteiger partial charge in [-0.05, 0) is 30.2 Å². The molecule has 28 heavy (non-hydrogen) atoms. The Hall–Kier alpha value is -3.52. The summed E-state index contributed by atoms with van der Waals surface area (Å²) in [5, 5.41) is 12.3. The molecule has 5 aromatic rings. The average Bonchev–Trinajstić information content (AvgIpc) is 3.36. The van der Waals surface area contributed by atoms with E-state index in [1.165, 1.54) is 10.9 Å². The van der Waals surface area contributed by atoms with Crippen LogP contribution in [-0.4, -0.2) is 34.3 Å². The Morgan fingerprint density at radius 3 is 2.68 bits per heavy atom. The normalized spacial score (nSPS) is 11.5. The summed E-state index contributed by atoms with van der Waals surface area (Å²) >= 11 is 6.03. The highest BCUT2D eigenvalue weighted by Gasteiger charge is 2.18. The second-order valence-corrected chi connectivity index (χ2v) is 6.71. The van der Waals surface area contributed by atoms with E-state index in [1.54, 1.807) is 16.9 Å². The highest BCUT2D eigenvalue weighted by molar-refractivity contribution is 6.30. The molecular weight excluding hydrogens is 378 g/mol. The average molecular weight is 392 g/mol. The van der Waals surface area contributed by atoms with E-state index in [-0.39, 0.29) is 5.56 Å². The van der Waals surface area contributed by atoms with E-state index in [0.717, 1.165) is 23.2 Å². The third-order valence-corrected chi connectivity index (χ3v) is 4.93. The van der Waals surface area contributed by atoms with Crippen LogP contribution < -0.4 is 5.56 Å². The number of nitrogens with one attached hydrogen (secondary N) is 1. The first-order valence-electron chi connectivity index (χ1n) is 8.71. The van der Waals surface area contributed by atoms with Crippen LogP contribution in [0.3, 0.4) is 0 Å². The summed E-state index contributed by atoms with van der Waals surface area (Å²) in [6, 6.07) is 9.42. The number of aryl methyl sites for hydroxylation is 1. The summed E-state index contributed by atoms with van der Waals surface area (Å²) in [5.41, 5.74) is 3.97. The predicted octanol–water partition coefficient (Wildman–Crippen LogP) is 3.03. The largest absolute Gasteiger partial charge is 0.268 e. The first-order chi connectivity index (χ1) is 13.7. The van der Waals surface area contributed by atoms with Gasteiger partial charge in [0.2, 0.25) is 5.95 Å². The van der Waals surface area contributed by atoms with Crippen molar-refractivity contribution in [2.75, 3.05) is 0 Å². The van der Waals surface area contributed by atoms with Gasteiger partial charge in [-0.2, -0.15) is 15.2 Å². The fourth-order valence-electron chi connectivity index (χ4n) is 3.36. The molecule has 138 valence electrons. The summed E-state index contributed by atoms with van der Waals surface area (Å²) < 4.78 is 3.12. The van der Waals surface area contributed by atoms with E-state index in [2.05, 4.69) is 20.2 Å². The van der Waals surface area contributed by atoms with E-state index >= 15 is 0 Å². The topological polar surface area (TPSA) is 93.8 Å². The van der Waals surface area contributed by atoms with Crippen LogP contribution in [0.2, 0.25) is 5.02 Å². The number of halogens is 1. The molecule has 4 heterocycles. The van der Waals surface area contributed by atoms with Gasteiger partial charge in [0.15, 0.2) is 5.65 Å². The molecule has 1 aromatic carbocycles. The predicted molar refractivity (Wildman–Crippen MR) is 106 cm³/mol. The van der Waals surface area contributed by atoms with Crippen molar-refractivity contribution in [3.63, 3.8) is 0 Å². The van der Waals surface area contributed by atoms with Gasteiger partial charge in [0, 0.05) is 23.0 Å². The van der Waals surface area contributed by atoms with Crippen LogP contribution in [0, 0.1) is 0 Å². The molecule has 0 saturated carbocycles. The number of hydrogen-bond acceptors (Lipinski definition) is 5. The summed E-state index contributed by atoms with van der Waals surface area (Å²) in [6.07, 6.45) is 5.32. The molecule has 0 fully saturated rings. The highest BCUT2D eigenvalue weighted by Crippen LogP contribution is 2.30. The fraction of sp³-hybridized carbons (Fsp3) is 0.105. The minimum absolute atomic E-state index is 0.245. The Bertz CT molecular complexity index is 1370. The van der Waals surface area contributed by atoms with Gasteiger partial charge in [-0.25, -0.2) is 14.6 Å². The molecule has 5 rings (SSSR count). The number of aromatic amines is 1. The van der Waals surface area contributed by atoms with Crippen LogP contribution in [0.4, 0.5) is 0 Å².